The topological polar surface area (TPSA) is 114 Å². The minimum Gasteiger partial charge on any atom is -0.479 e. The highest BCUT2D eigenvalue weighted by Gasteiger charge is 2.25. The van der Waals surface area contributed by atoms with E-state index in [2.05, 4.69) is 30.2 Å². The zero-order valence-electron chi connectivity index (χ0n) is 21.2. The van der Waals surface area contributed by atoms with Crippen LogP contribution in [0.15, 0.2) is 36.9 Å². The molecule has 1 aliphatic heterocycles. The van der Waals surface area contributed by atoms with Crippen LogP contribution in [0.2, 0.25) is 0 Å². The van der Waals surface area contributed by atoms with Crippen LogP contribution in [-0.2, 0) is 4.79 Å². The van der Waals surface area contributed by atoms with Gasteiger partial charge in [0, 0.05) is 25.7 Å². The number of nitrogens with one attached hydrogen (secondary N) is 1. The number of alkyl halides is 1. The van der Waals surface area contributed by atoms with Crippen molar-refractivity contribution in [3.63, 3.8) is 0 Å². The molecule has 5 heterocycles. The Kier molecular flexibility index (Phi) is 7.09. The number of carbonyl (C=O) groups is 1. The van der Waals surface area contributed by atoms with E-state index >= 15 is 0 Å². The normalized spacial score (nSPS) is 14.5. The maximum Gasteiger partial charge on any atom is 0.242 e. The zero-order valence-corrected chi connectivity index (χ0v) is 21.2. The molecule has 0 saturated carbocycles. The standard InChI is InChI=1S/C25H27F2N9O2/c1-15(2)36-14-30-23-19(36)10-18(31-24(23)38-3)22-17(27)12-29-25(33-22)32-20-5-4-16(11-28-20)35-9-8-34(7-6-26)13-21(35)37/h4-5,10-12,14-15H,6-9,13H2,1-3H3,(H,28,29,32,33). The van der Waals surface area contributed by atoms with Crippen LogP contribution >= 0.6 is 0 Å². The lowest BCUT2D eigenvalue weighted by Gasteiger charge is -2.33. The van der Waals surface area contributed by atoms with Gasteiger partial charge >= 0.3 is 0 Å². The van der Waals surface area contributed by atoms with Gasteiger partial charge in [0.25, 0.3) is 0 Å². The van der Waals surface area contributed by atoms with Crippen molar-refractivity contribution >= 4 is 34.4 Å². The van der Waals surface area contributed by atoms with Crippen molar-refractivity contribution in [2.45, 2.75) is 19.9 Å². The van der Waals surface area contributed by atoms with E-state index in [9.17, 15) is 13.6 Å². The number of carbonyl (C=O) groups excluding carboxylic acids is 1. The summed E-state index contributed by atoms with van der Waals surface area (Å²) in [5.74, 6) is 0.0393. The molecule has 198 valence electrons. The lowest BCUT2D eigenvalue weighted by Crippen LogP contribution is -2.51. The second-order valence-corrected chi connectivity index (χ2v) is 9.06. The number of rotatable bonds is 8. The number of pyridine rings is 2. The number of amides is 1. The number of methoxy groups -OCH3 is 1. The van der Waals surface area contributed by atoms with Crippen LogP contribution < -0.4 is 15.0 Å². The second-order valence-electron chi connectivity index (χ2n) is 9.06. The quantitative estimate of drug-likeness (QED) is 0.371. The lowest BCUT2D eigenvalue weighted by atomic mass is 10.2. The summed E-state index contributed by atoms with van der Waals surface area (Å²) in [5, 5.41) is 2.97. The first-order chi connectivity index (χ1) is 18.4. The van der Waals surface area contributed by atoms with E-state index in [0.717, 1.165) is 11.7 Å². The molecule has 1 amide bonds. The summed E-state index contributed by atoms with van der Waals surface area (Å²) in [6, 6.07) is 5.26. The Balaban J connectivity index is 1.38. The molecule has 1 fully saturated rings. The molecule has 13 heteroatoms. The van der Waals surface area contributed by atoms with Gasteiger partial charge in [0.15, 0.2) is 11.3 Å². The van der Waals surface area contributed by atoms with Crippen molar-refractivity contribution in [1.82, 2.24) is 34.4 Å². The molecule has 1 aliphatic rings. The Morgan fingerprint density at radius 1 is 1.13 bits per heavy atom. The monoisotopic (exact) mass is 523 g/mol. The molecule has 1 N–H and O–H groups in total. The number of hydrogen-bond acceptors (Lipinski definition) is 9. The summed E-state index contributed by atoms with van der Waals surface area (Å²) in [5.41, 5.74) is 2.21. The van der Waals surface area contributed by atoms with Gasteiger partial charge in [-0.05, 0) is 32.0 Å². The fourth-order valence-electron chi connectivity index (χ4n) is 4.32. The Hall–Kier alpha value is -4.26. The molecular weight excluding hydrogens is 496 g/mol. The molecule has 11 nitrogen and oxygen atoms in total. The average Bonchev–Trinajstić information content (AvgIpc) is 3.35. The van der Waals surface area contributed by atoms with Gasteiger partial charge in [-0.25, -0.2) is 33.7 Å². The van der Waals surface area contributed by atoms with Gasteiger partial charge in [-0.15, -0.1) is 0 Å². The number of ether oxygens (including phenoxy) is 1. The van der Waals surface area contributed by atoms with Crippen LogP contribution in [-0.4, -0.2) is 80.3 Å². The fourth-order valence-corrected chi connectivity index (χ4v) is 4.32. The summed E-state index contributed by atoms with van der Waals surface area (Å²) in [6.07, 6.45) is 4.31. The number of nitrogens with zero attached hydrogens (tertiary/aromatic N) is 8. The molecule has 0 unspecified atom stereocenters. The first-order valence-corrected chi connectivity index (χ1v) is 12.1. The molecule has 0 aliphatic carbocycles. The smallest absolute Gasteiger partial charge is 0.242 e. The first kappa shape index (κ1) is 25.4. The summed E-state index contributed by atoms with van der Waals surface area (Å²) in [4.78, 5) is 37.4. The predicted molar refractivity (Wildman–Crippen MR) is 138 cm³/mol. The number of hydrogen-bond donors (Lipinski definition) is 1. The van der Waals surface area contributed by atoms with Crippen LogP contribution in [0.5, 0.6) is 5.88 Å². The third-order valence-corrected chi connectivity index (χ3v) is 6.27. The van der Waals surface area contributed by atoms with E-state index in [-0.39, 0.29) is 48.3 Å². The van der Waals surface area contributed by atoms with E-state index < -0.39 is 12.5 Å². The van der Waals surface area contributed by atoms with E-state index in [0.29, 0.717) is 30.1 Å². The van der Waals surface area contributed by atoms with Gasteiger partial charge in [0.2, 0.25) is 17.7 Å². The van der Waals surface area contributed by atoms with E-state index in [1.165, 1.54) is 7.11 Å². The second kappa shape index (κ2) is 10.6. The summed E-state index contributed by atoms with van der Waals surface area (Å²) >= 11 is 0. The van der Waals surface area contributed by atoms with Crippen molar-refractivity contribution in [3.8, 4) is 17.3 Å². The number of imidazole rings is 1. The maximum atomic E-state index is 14.9. The van der Waals surface area contributed by atoms with E-state index in [1.807, 2.05) is 18.4 Å². The molecule has 4 aromatic heterocycles. The first-order valence-electron chi connectivity index (χ1n) is 12.1. The number of aromatic nitrogens is 6. The van der Waals surface area contributed by atoms with Crippen LogP contribution in [0.1, 0.15) is 19.9 Å². The zero-order chi connectivity index (χ0) is 26.8. The Morgan fingerprint density at radius 3 is 2.66 bits per heavy atom. The largest absolute Gasteiger partial charge is 0.479 e. The van der Waals surface area contributed by atoms with Crippen molar-refractivity contribution in [2.75, 3.05) is 50.2 Å². The summed E-state index contributed by atoms with van der Waals surface area (Å²) in [7, 11) is 1.48. The number of halogens is 2. The van der Waals surface area contributed by atoms with E-state index in [1.54, 1.807) is 40.5 Å². The molecule has 0 radical (unpaired) electrons. The number of fused-ring (bicyclic) bond motifs is 1. The summed E-state index contributed by atoms with van der Waals surface area (Å²) in [6.45, 7) is 5.00. The average molecular weight is 524 g/mol. The Labute approximate surface area is 217 Å². The van der Waals surface area contributed by atoms with Crippen LogP contribution in [0.25, 0.3) is 22.4 Å². The van der Waals surface area contributed by atoms with Crippen LogP contribution in [0, 0.1) is 5.82 Å². The molecule has 0 aromatic carbocycles. The molecule has 0 bridgehead atoms. The number of piperazine rings is 1. The van der Waals surface area contributed by atoms with E-state index in [4.69, 9.17) is 4.74 Å². The minimum atomic E-state index is -0.645. The third kappa shape index (κ3) is 4.96. The van der Waals surface area contributed by atoms with Crippen molar-refractivity contribution in [1.29, 1.82) is 0 Å². The molecule has 38 heavy (non-hydrogen) atoms. The van der Waals surface area contributed by atoms with Gasteiger partial charge < -0.3 is 19.5 Å². The molecular formula is C25H27F2N9O2. The number of anilines is 3. The van der Waals surface area contributed by atoms with Crippen molar-refractivity contribution in [3.05, 3.63) is 42.7 Å². The highest BCUT2D eigenvalue weighted by Crippen LogP contribution is 2.30. The van der Waals surface area contributed by atoms with Gasteiger partial charge in [-0.2, -0.15) is 0 Å². The van der Waals surface area contributed by atoms with Crippen LogP contribution in [0.3, 0.4) is 0 Å². The van der Waals surface area contributed by atoms with Gasteiger partial charge in [-0.1, -0.05) is 0 Å². The molecule has 4 aromatic rings. The molecule has 5 rings (SSSR count). The van der Waals surface area contributed by atoms with Gasteiger partial charge in [0.05, 0.1) is 49.3 Å². The predicted octanol–water partition coefficient (Wildman–Crippen LogP) is 3.37. The highest BCUT2D eigenvalue weighted by molar-refractivity contribution is 5.95. The Morgan fingerprint density at radius 2 is 1.97 bits per heavy atom. The minimum absolute atomic E-state index is 0.00688. The van der Waals surface area contributed by atoms with Gasteiger partial charge in [0.1, 0.15) is 18.2 Å². The lowest BCUT2D eigenvalue weighted by molar-refractivity contribution is -0.121. The fraction of sp³-hybridized carbons (Fsp3) is 0.360. The highest BCUT2D eigenvalue weighted by atomic mass is 19.1. The SMILES string of the molecule is COc1nc(-c2nc(Nc3ccc(N4CCN(CCF)CC4=O)cn3)ncc2F)cc2c1ncn2C(C)C. The molecule has 0 spiro atoms. The third-order valence-electron chi connectivity index (χ3n) is 6.27. The van der Waals surface area contributed by atoms with Crippen molar-refractivity contribution in [2.24, 2.45) is 0 Å². The van der Waals surface area contributed by atoms with Crippen molar-refractivity contribution < 1.29 is 18.3 Å². The maximum absolute atomic E-state index is 14.9. The van der Waals surface area contributed by atoms with Crippen LogP contribution in [0.4, 0.5) is 26.2 Å². The molecule has 0 atom stereocenters. The Bertz CT molecular complexity index is 1460. The molecule has 1 saturated heterocycles. The van der Waals surface area contributed by atoms with Gasteiger partial charge in [-0.3, -0.25) is 9.69 Å². The summed E-state index contributed by atoms with van der Waals surface area (Å²) < 4.78 is 34.8.